The Morgan fingerprint density at radius 1 is 0.892 bits per heavy atom. The third-order valence-electron chi connectivity index (χ3n) is 8.85. The second-order valence-electron chi connectivity index (χ2n) is 12.7. The molecule has 0 saturated carbocycles. The van der Waals surface area contributed by atoms with Gasteiger partial charge in [0, 0.05) is 0 Å². The average Bonchev–Trinajstić information content (AvgIpc) is 2.86. The van der Waals surface area contributed by atoms with E-state index in [9.17, 15) is 5.11 Å². The molecule has 4 heteroatoms. The molecule has 2 aromatic rings. The number of hydrogen-bond acceptors (Lipinski definition) is 2. The molecule has 2 rings (SSSR count). The molecule has 0 amide bonds. The average molecular weight is 632 g/mol. The molecule has 0 bridgehead atoms. The quantitative estimate of drug-likeness (QED) is 0.187. The molecular weight excluding hydrogens is 575 g/mol. The molecular formula is C33H56O2SiSn. The fourth-order valence-electron chi connectivity index (χ4n) is 5.35. The number of aliphatic hydroxyl groups excluding tert-OH is 1. The van der Waals surface area contributed by atoms with Crippen molar-refractivity contribution in [2.24, 2.45) is 0 Å². The Labute approximate surface area is 234 Å². The maximum absolute atomic E-state index is 11.7. The van der Waals surface area contributed by atoms with Gasteiger partial charge in [0.25, 0.3) is 0 Å². The summed E-state index contributed by atoms with van der Waals surface area (Å²) < 4.78 is 12.6. The molecule has 0 aromatic heterocycles. The molecule has 1 unspecified atom stereocenters. The van der Waals surface area contributed by atoms with Crippen LogP contribution in [0.2, 0.25) is 31.4 Å². The summed E-state index contributed by atoms with van der Waals surface area (Å²) in [6.07, 6.45) is 10.5. The van der Waals surface area contributed by atoms with Crippen LogP contribution in [0.4, 0.5) is 0 Å². The Morgan fingerprint density at radius 3 is 1.97 bits per heavy atom. The van der Waals surface area contributed by atoms with E-state index in [1.54, 1.807) is 3.59 Å². The van der Waals surface area contributed by atoms with Gasteiger partial charge in [-0.15, -0.1) is 0 Å². The van der Waals surface area contributed by atoms with Crippen molar-refractivity contribution in [3.63, 3.8) is 0 Å². The Balaban J connectivity index is 2.54. The maximum atomic E-state index is 11.7. The van der Waals surface area contributed by atoms with Crippen LogP contribution < -0.4 is 0 Å². The van der Waals surface area contributed by atoms with Gasteiger partial charge in [-0.1, -0.05) is 0 Å². The SMILES string of the molecule is CCC[CH2][Sn]([CH2]CCC)([CH2]CCC)/[C](=C/C(O)c1cccc2ccccc12)CCO[Si](C)(C)C(C)(C)C. The van der Waals surface area contributed by atoms with E-state index < -0.39 is 32.8 Å². The molecule has 0 aliphatic heterocycles. The van der Waals surface area contributed by atoms with E-state index in [0.29, 0.717) is 0 Å². The van der Waals surface area contributed by atoms with E-state index in [2.05, 4.69) is 103 Å². The number of aliphatic hydroxyl groups is 1. The van der Waals surface area contributed by atoms with E-state index >= 15 is 0 Å². The van der Waals surface area contributed by atoms with Crippen LogP contribution in [0.25, 0.3) is 10.8 Å². The topological polar surface area (TPSA) is 29.5 Å². The summed E-state index contributed by atoms with van der Waals surface area (Å²) in [6, 6.07) is 14.8. The second kappa shape index (κ2) is 15.2. The van der Waals surface area contributed by atoms with E-state index in [4.69, 9.17) is 4.43 Å². The monoisotopic (exact) mass is 632 g/mol. The summed E-state index contributed by atoms with van der Waals surface area (Å²) in [4.78, 5) is 0. The fraction of sp³-hybridized carbons (Fsp3) is 0.636. The van der Waals surface area contributed by atoms with Crippen LogP contribution in [0, 0.1) is 0 Å². The van der Waals surface area contributed by atoms with Crippen molar-refractivity contribution in [2.75, 3.05) is 6.61 Å². The van der Waals surface area contributed by atoms with Crippen molar-refractivity contribution in [1.82, 2.24) is 0 Å². The normalized spacial score (nSPS) is 14.4. The number of hydrogen-bond donors (Lipinski definition) is 1. The standard InChI is InChI=1S/C21H29O2Si.3C4H9.Sn/c1-21(2,3)24(4,5)23-16-9-8-15-20(22)19-14-10-12-17-11-6-7-13-18(17)19;3*1-3-4-2;/h6-7,10-15,20,22H,9,16H2,1-5H3;3*1,3-4H2,2H3;. The first-order chi connectivity index (χ1) is 17.5. The second-order valence-corrected chi connectivity index (χ2v) is 30.9. The van der Waals surface area contributed by atoms with Gasteiger partial charge < -0.3 is 0 Å². The van der Waals surface area contributed by atoms with Crippen molar-refractivity contribution < 1.29 is 9.53 Å². The Bertz CT molecular complexity index is 949. The summed E-state index contributed by atoms with van der Waals surface area (Å²) in [5.74, 6) is 0. The van der Waals surface area contributed by atoms with E-state index in [1.807, 2.05) is 0 Å². The van der Waals surface area contributed by atoms with Crippen LogP contribution in [0.3, 0.4) is 0 Å². The summed E-state index contributed by atoms with van der Waals surface area (Å²) in [5.41, 5.74) is 1.04. The molecule has 0 radical (unpaired) electrons. The van der Waals surface area contributed by atoms with Gasteiger partial charge in [0.2, 0.25) is 0 Å². The zero-order valence-corrected chi connectivity index (χ0v) is 29.2. The van der Waals surface area contributed by atoms with Gasteiger partial charge in [-0.25, -0.2) is 0 Å². The first kappa shape index (κ1) is 32.6. The van der Waals surface area contributed by atoms with Crippen LogP contribution >= 0.6 is 0 Å². The Kier molecular flexibility index (Phi) is 13.4. The fourth-order valence-corrected chi connectivity index (χ4v) is 23.4. The zero-order valence-electron chi connectivity index (χ0n) is 25.3. The number of rotatable bonds is 16. The van der Waals surface area contributed by atoms with Crippen LogP contribution in [0.1, 0.15) is 98.2 Å². The molecule has 1 atom stereocenters. The van der Waals surface area contributed by atoms with Crippen LogP contribution in [0.15, 0.2) is 52.1 Å². The van der Waals surface area contributed by atoms with Gasteiger partial charge in [-0.3, -0.25) is 0 Å². The minimum absolute atomic E-state index is 0.215. The molecule has 1 N–H and O–H groups in total. The first-order valence-electron chi connectivity index (χ1n) is 15.0. The van der Waals surface area contributed by atoms with Crippen molar-refractivity contribution in [3.05, 3.63) is 57.7 Å². The number of benzene rings is 2. The van der Waals surface area contributed by atoms with Crippen molar-refractivity contribution >= 4 is 37.5 Å². The Morgan fingerprint density at radius 2 is 1.43 bits per heavy atom. The van der Waals surface area contributed by atoms with Crippen molar-refractivity contribution in [2.45, 2.75) is 124 Å². The number of fused-ring (bicyclic) bond motifs is 1. The number of unbranched alkanes of at least 4 members (excludes halogenated alkanes) is 3. The van der Waals surface area contributed by atoms with Gasteiger partial charge in [0.15, 0.2) is 0 Å². The minimum atomic E-state index is -2.73. The van der Waals surface area contributed by atoms with Crippen LogP contribution in [-0.2, 0) is 4.43 Å². The van der Waals surface area contributed by atoms with Crippen molar-refractivity contribution in [1.29, 1.82) is 0 Å². The molecule has 0 spiro atoms. The molecule has 208 valence electrons. The zero-order chi connectivity index (χ0) is 27.5. The van der Waals surface area contributed by atoms with Gasteiger partial charge in [0.1, 0.15) is 0 Å². The third kappa shape index (κ3) is 9.22. The molecule has 0 fully saturated rings. The molecule has 0 heterocycles. The predicted octanol–water partition coefficient (Wildman–Crippen LogP) is 10.6. The molecule has 2 aromatic carbocycles. The molecule has 0 aliphatic rings. The van der Waals surface area contributed by atoms with Crippen LogP contribution in [-0.4, -0.2) is 38.4 Å². The molecule has 0 saturated heterocycles. The molecule has 0 aliphatic carbocycles. The van der Waals surface area contributed by atoms with E-state index in [0.717, 1.165) is 18.6 Å². The summed E-state index contributed by atoms with van der Waals surface area (Å²) >= 11 is -2.73. The molecule has 2 nitrogen and oxygen atoms in total. The van der Waals surface area contributed by atoms with Gasteiger partial charge in [-0.2, -0.15) is 0 Å². The van der Waals surface area contributed by atoms with Crippen molar-refractivity contribution in [3.8, 4) is 0 Å². The van der Waals surface area contributed by atoms with Crippen LogP contribution in [0.5, 0.6) is 0 Å². The van der Waals surface area contributed by atoms with Gasteiger partial charge >= 0.3 is 235 Å². The Hall–Kier alpha value is -0.624. The molecule has 37 heavy (non-hydrogen) atoms. The summed E-state index contributed by atoms with van der Waals surface area (Å²) in [7, 11) is -1.81. The third-order valence-corrected chi connectivity index (χ3v) is 29.7. The van der Waals surface area contributed by atoms with E-state index in [1.165, 1.54) is 62.6 Å². The van der Waals surface area contributed by atoms with E-state index in [-0.39, 0.29) is 5.04 Å². The summed E-state index contributed by atoms with van der Waals surface area (Å²) in [5, 5.41) is 14.3. The first-order valence-corrected chi connectivity index (χ1v) is 25.4. The van der Waals surface area contributed by atoms with Gasteiger partial charge in [0.05, 0.1) is 0 Å². The summed E-state index contributed by atoms with van der Waals surface area (Å²) in [6.45, 7) is 19.5. The van der Waals surface area contributed by atoms with Gasteiger partial charge in [-0.05, 0) is 0 Å². The predicted molar refractivity (Wildman–Crippen MR) is 170 cm³/mol.